The van der Waals surface area contributed by atoms with E-state index in [-0.39, 0.29) is 35.1 Å². The highest BCUT2D eigenvalue weighted by Gasteiger charge is 2.31. The Balaban J connectivity index is 1.52. The van der Waals surface area contributed by atoms with Crippen LogP contribution in [0.3, 0.4) is 0 Å². The highest BCUT2D eigenvalue weighted by atomic mass is 32.2. The Morgan fingerprint density at radius 2 is 2.03 bits per heavy atom. The molecule has 1 aromatic carbocycles. The van der Waals surface area contributed by atoms with E-state index in [0.29, 0.717) is 31.9 Å². The van der Waals surface area contributed by atoms with Gasteiger partial charge in [0, 0.05) is 31.1 Å². The summed E-state index contributed by atoms with van der Waals surface area (Å²) in [7, 11) is -3.59. The van der Waals surface area contributed by atoms with Crippen molar-refractivity contribution < 1.29 is 22.7 Å². The predicted octanol–water partition coefficient (Wildman–Crippen LogP) is 1.20. The first-order chi connectivity index (χ1) is 13.9. The maximum Gasteiger partial charge on any atom is 0.243 e. The van der Waals surface area contributed by atoms with Gasteiger partial charge in [-0.05, 0) is 43.9 Å². The van der Waals surface area contributed by atoms with Crippen LogP contribution < -0.4 is 10.2 Å². The van der Waals surface area contributed by atoms with Crippen LogP contribution in [0.25, 0.3) is 0 Å². The zero-order chi connectivity index (χ0) is 20.4. The van der Waals surface area contributed by atoms with E-state index in [1.807, 2.05) is 0 Å². The van der Waals surface area contributed by atoms with Gasteiger partial charge in [-0.2, -0.15) is 4.31 Å². The fraction of sp³-hybridized carbons (Fsp3) is 0.579. The zero-order valence-corrected chi connectivity index (χ0v) is 17.8. The molecule has 8 nitrogen and oxygen atoms in total. The van der Waals surface area contributed by atoms with Crippen molar-refractivity contribution in [1.29, 1.82) is 0 Å². The number of hydrogen-bond acceptors (Lipinski definition) is 6. The number of sulfonamides is 1. The molecule has 2 saturated heterocycles. The van der Waals surface area contributed by atoms with Crippen molar-refractivity contribution in [3.05, 3.63) is 18.2 Å². The van der Waals surface area contributed by atoms with Crippen molar-refractivity contribution in [2.24, 2.45) is 0 Å². The standard InChI is InChI=1S/C19H25N3O5S2/c23-18(20-11-14-4-3-9-27-14)12-22-16-10-15(5-6-17(16)28-13-19(22)24)29(25,26)21-7-1-2-8-21/h5-6,10,14H,1-4,7-9,11-13H2,(H,20,23)/t14-/m0/s1. The molecular weight excluding hydrogens is 414 g/mol. The average Bonchev–Trinajstić information content (AvgIpc) is 3.42. The molecule has 0 unspecified atom stereocenters. The summed E-state index contributed by atoms with van der Waals surface area (Å²) in [5.41, 5.74) is 0.485. The first-order valence-electron chi connectivity index (χ1n) is 9.91. The zero-order valence-electron chi connectivity index (χ0n) is 16.1. The molecule has 1 N–H and O–H groups in total. The summed E-state index contributed by atoms with van der Waals surface area (Å²) in [6.45, 7) is 2.03. The molecule has 158 valence electrons. The number of fused-ring (bicyclic) bond motifs is 1. The number of nitrogens with zero attached hydrogens (tertiary/aromatic N) is 2. The molecule has 4 rings (SSSR count). The first-order valence-corrected chi connectivity index (χ1v) is 12.3. The molecule has 0 bridgehead atoms. The minimum Gasteiger partial charge on any atom is -0.376 e. The van der Waals surface area contributed by atoms with Crippen LogP contribution in [0.4, 0.5) is 5.69 Å². The number of carbonyl (C=O) groups excluding carboxylic acids is 2. The van der Waals surface area contributed by atoms with Crippen LogP contribution in [0.15, 0.2) is 28.0 Å². The molecule has 3 aliphatic heterocycles. The summed E-state index contributed by atoms with van der Waals surface area (Å²) in [5, 5.41) is 2.82. The van der Waals surface area contributed by atoms with E-state index in [9.17, 15) is 18.0 Å². The van der Waals surface area contributed by atoms with Crippen LogP contribution in [-0.2, 0) is 24.3 Å². The molecule has 2 amide bonds. The van der Waals surface area contributed by atoms with E-state index in [2.05, 4.69) is 5.32 Å². The largest absolute Gasteiger partial charge is 0.376 e. The molecule has 3 heterocycles. The molecule has 0 saturated carbocycles. The Bertz CT molecular complexity index is 893. The normalized spacial score (nSPS) is 22.7. The van der Waals surface area contributed by atoms with Crippen molar-refractivity contribution >= 4 is 39.3 Å². The van der Waals surface area contributed by atoms with Crippen molar-refractivity contribution in [2.45, 2.75) is 41.6 Å². The molecule has 0 aromatic heterocycles. The summed E-state index contributed by atoms with van der Waals surface area (Å²) in [5.74, 6) is -0.255. The Morgan fingerprint density at radius 1 is 1.24 bits per heavy atom. The lowest BCUT2D eigenvalue weighted by Crippen LogP contribution is -2.44. The second kappa shape index (κ2) is 8.63. The van der Waals surface area contributed by atoms with Crippen molar-refractivity contribution in [1.82, 2.24) is 9.62 Å². The van der Waals surface area contributed by atoms with Crippen LogP contribution in [-0.4, -0.2) is 69.2 Å². The van der Waals surface area contributed by atoms with Gasteiger partial charge in [-0.25, -0.2) is 8.42 Å². The van der Waals surface area contributed by atoms with Crippen LogP contribution in [0.5, 0.6) is 0 Å². The number of carbonyl (C=O) groups is 2. The minimum absolute atomic E-state index is 0.0241. The second-order valence-corrected chi connectivity index (χ2v) is 10.4. The lowest BCUT2D eigenvalue weighted by molar-refractivity contribution is -0.123. The van der Waals surface area contributed by atoms with Crippen LogP contribution in [0, 0.1) is 0 Å². The molecule has 0 spiro atoms. The predicted molar refractivity (Wildman–Crippen MR) is 109 cm³/mol. The third-order valence-electron chi connectivity index (χ3n) is 5.43. The highest BCUT2D eigenvalue weighted by Crippen LogP contribution is 2.37. The van der Waals surface area contributed by atoms with Crippen molar-refractivity contribution in [3.8, 4) is 0 Å². The Kier molecular flexibility index (Phi) is 6.14. The summed E-state index contributed by atoms with van der Waals surface area (Å²) < 4.78 is 32.8. The number of ether oxygens (including phenoxy) is 1. The van der Waals surface area contributed by atoms with Gasteiger partial charge in [-0.3, -0.25) is 9.59 Å². The third kappa shape index (κ3) is 4.45. The molecule has 10 heteroatoms. The first kappa shape index (κ1) is 20.6. The van der Waals surface area contributed by atoms with Crippen LogP contribution >= 0.6 is 11.8 Å². The fourth-order valence-corrected chi connectivity index (χ4v) is 6.28. The number of thioether (sulfide) groups is 1. The van der Waals surface area contributed by atoms with Gasteiger partial charge in [0.2, 0.25) is 21.8 Å². The Hall–Kier alpha value is -1.62. The topological polar surface area (TPSA) is 96.0 Å². The molecular formula is C19H25N3O5S2. The quantitative estimate of drug-likeness (QED) is 0.716. The average molecular weight is 440 g/mol. The van der Waals surface area contributed by atoms with Crippen molar-refractivity contribution in [3.63, 3.8) is 0 Å². The summed E-state index contributed by atoms with van der Waals surface area (Å²) in [6, 6.07) is 4.85. The van der Waals surface area contributed by atoms with E-state index >= 15 is 0 Å². The maximum atomic E-state index is 12.9. The van der Waals surface area contributed by atoms with Gasteiger partial charge in [-0.15, -0.1) is 11.8 Å². The number of hydrogen-bond donors (Lipinski definition) is 1. The van der Waals surface area contributed by atoms with Crippen LogP contribution in [0.1, 0.15) is 25.7 Å². The van der Waals surface area contributed by atoms with Gasteiger partial charge < -0.3 is 15.0 Å². The summed E-state index contributed by atoms with van der Waals surface area (Å²) >= 11 is 1.36. The second-order valence-electron chi connectivity index (χ2n) is 7.45. The molecule has 1 aromatic rings. The number of nitrogens with one attached hydrogen (secondary N) is 1. The van der Waals surface area contributed by atoms with Crippen LogP contribution in [0.2, 0.25) is 0 Å². The molecule has 1 atom stereocenters. The molecule has 0 aliphatic carbocycles. The Labute approximate surface area is 175 Å². The van der Waals surface area contributed by atoms with E-state index in [0.717, 1.165) is 30.6 Å². The minimum atomic E-state index is -3.59. The lowest BCUT2D eigenvalue weighted by Gasteiger charge is -2.29. The highest BCUT2D eigenvalue weighted by molar-refractivity contribution is 8.00. The Morgan fingerprint density at radius 3 is 2.76 bits per heavy atom. The van der Waals surface area contributed by atoms with Gasteiger partial charge >= 0.3 is 0 Å². The van der Waals surface area contributed by atoms with Gasteiger partial charge in [0.25, 0.3) is 0 Å². The van der Waals surface area contributed by atoms with E-state index in [1.165, 1.54) is 27.0 Å². The molecule has 2 fully saturated rings. The molecule has 29 heavy (non-hydrogen) atoms. The van der Waals surface area contributed by atoms with Gasteiger partial charge in [-0.1, -0.05) is 0 Å². The van der Waals surface area contributed by atoms with Gasteiger partial charge in [0.1, 0.15) is 6.54 Å². The summed E-state index contributed by atoms with van der Waals surface area (Å²) in [4.78, 5) is 27.3. The maximum absolute atomic E-state index is 12.9. The third-order valence-corrected chi connectivity index (χ3v) is 8.37. The lowest BCUT2D eigenvalue weighted by atomic mass is 10.2. The smallest absolute Gasteiger partial charge is 0.243 e. The number of rotatable bonds is 6. The molecule has 0 radical (unpaired) electrons. The van der Waals surface area contributed by atoms with E-state index < -0.39 is 10.0 Å². The van der Waals surface area contributed by atoms with E-state index in [4.69, 9.17) is 4.74 Å². The fourth-order valence-electron chi connectivity index (χ4n) is 3.83. The number of amides is 2. The molecule has 3 aliphatic rings. The monoisotopic (exact) mass is 439 g/mol. The summed E-state index contributed by atoms with van der Waals surface area (Å²) in [6.07, 6.45) is 3.64. The van der Waals surface area contributed by atoms with Crippen molar-refractivity contribution in [2.75, 3.05) is 43.4 Å². The van der Waals surface area contributed by atoms with Gasteiger partial charge in [0.15, 0.2) is 0 Å². The van der Waals surface area contributed by atoms with Gasteiger partial charge in [0.05, 0.1) is 22.4 Å². The number of benzene rings is 1. The van der Waals surface area contributed by atoms with E-state index in [1.54, 1.807) is 12.1 Å². The number of anilines is 1. The SMILES string of the molecule is O=C(CN1C(=O)CSc2ccc(S(=O)(=O)N3CCCC3)cc21)NC[C@@H]1CCCO1.